The van der Waals surface area contributed by atoms with E-state index in [-0.39, 0.29) is 0 Å². The van der Waals surface area contributed by atoms with E-state index in [4.69, 9.17) is 4.42 Å². The third-order valence-corrected chi connectivity index (χ3v) is 13.3. The van der Waals surface area contributed by atoms with E-state index in [1.807, 2.05) is 23.5 Å². The van der Waals surface area contributed by atoms with Crippen molar-refractivity contribution in [2.75, 3.05) is 4.90 Å². The Kier molecular flexibility index (Phi) is 7.35. The molecular formula is C55H35NOS. The van der Waals surface area contributed by atoms with Gasteiger partial charge in [-0.05, 0) is 111 Å². The second-order valence-electron chi connectivity index (χ2n) is 15.2. The van der Waals surface area contributed by atoms with Crippen LogP contribution in [0, 0.1) is 0 Å². The van der Waals surface area contributed by atoms with Crippen molar-refractivity contribution in [3.8, 4) is 22.3 Å². The van der Waals surface area contributed by atoms with Gasteiger partial charge in [-0.2, -0.15) is 0 Å². The number of hydrogen-bond acceptors (Lipinski definition) is 3. The summed E-state index contributed by atoms with van der Waals surface area (Å²) in [5.74, 6) is 0. The number of rotatable bonds is 6. The topological polar surface area (TPSA) is 16.4 Å². The standard InChI is InChI=1S/C55H35NOS/c1-3-15-38(16-4-1)55(39-17-5-2-6-18-39)49-23-10-7-20-43(49)46-34-41(27-29-50(46)55)56(42-28-30-52-47(35-42)44-21-8-11-24-51(44)57-52)40-19-13-14-36(32-40)37-26-31-54-48(33-37)45-22-9-12-25-53(45)58-54/h1-35H. The van der Waals surface area contributed by atoms with Gasteiger partial charge in [0.2, 0.25) is 0 Å². The molecule has 0 saturated carbocycles. The quantitative estimate of drug-likeness (QED) is 0.168. The number of nitrogens with zero attached hydrogens (tertiary/aromatic N) is 1. The molecule has 0 aliphatic heterocycles. The molecule has 1 aliphatic carbocycles. The number of anilines is 3. The van der Waals surface area contributed by atoms with E-state index in [1.54, 1.807) is 0 Å². The summed E-state index contributed by atoms with van der Waals surface area (Å²) in [4.78, 5) is 2.41. The maximum absolute atomic E-state index is 6.32. The van der Waals surface area contributed by atoms with E-state index in [1.165, 1.54) is 64.7 Å². The predicted molar refractivity (Wildman–Crippen MR) is 244 cm³/mol. The molecule has 1 aliphatic rings. The van der Waals surface area contributed by atoms with Crippen LogP contribution in [0.1, 0.15) is 22.3 Å². The van der Waals surface area contributed by atoms with Gasteiger partial charge < -0.3 is 9.32 Å². The van der Waals surface area contributed by atoms with E-state index in [9.17, 15) is 0 Å². The van der Waals surface area contributed by atoms with Gasteiger partial charge >= 0.3 is 0 Å². The maximum atomic E-state index is 6.32. The molecule has 0 amide bonds. The highest BCUT2D eigenvalue weighted by atomic mass is 32.1. The van der Waals surface area contributed by atoms with Crippen LogP contribution >= 0.6 is 11.3 Å². The van der Waals surface area contributed by atoms with Crippen molar-refractivity contribution in [3.05, 3.63) is 235 Å². The average molecular weight is 758 g/mol. The van der Waals surface area contributed by atoms with Crippen molar-refractivity contribution in [1.29, 1.82) is 0 Å². The summed E-state index contributed by atoms with van der Waals surface area (Å²) in [7, 11) is 0. The molecular weight excluding hydrogens is 723 g/mol. The molecule has 9 aromatic carbocycles. The van der Waals surface area contributed by atoms with Gasteiger partial charge in [-0.25, -0.2) is 0 Å². The van der Waals surface area contributed by atoms with E-state index in [2.05, 4.69) is 205 Å². The van der Waals surface area contributed by atoms with Crippen LogP contribution in [-0.2, 0) is 5.41 Å². The first-order valence-corrected chi connectivity index (χ1v) is 20.6. The van der Waals surface area contributed by atoms with Crippen LogP contribution in [0.5, 0.6) is 0 Å². The van der Waals surface area contributed by atoms with Gasteiger partial charge in [0.05, 0.1) is 5.41 Å². The first-order chi connectivity index (χ1) is 28.7. The number of benzene rings is 9. The average Bonchev–Trinajstić information content (AvgIpc) is 3.95. The zero-order valence-corrected chi connectivity index (χ0v) is 32.3. The second-order valence-corrected chi connectivity index (χ2v) is 16.3. The fourth-order valence-corrected chi connectivity index (χ4v) is 10.7. The predicted octanol–water partition coefficient (Wildman–Crippen LogP) is 15.5. The van der Waals surface area contributed by atoms with Crippen LogP contribution in [0.3, 0.4) is 0 Å². The molecule has 0 radical (unpaired) electrons. The maximum Gasteiger partial charge on any atom is 0.135 e. The van der Waals surface area contributed by atoms with Gasteiger partial charge in [-0.1, -0.05) is 146 Å². The van der Waals surface area contributed by atoms with Crippen LogP contribution < -0.4 is 4.90 Å². The summed E-state index contributed by atoms with van der Waals surface area (Å²) < 4.78 is 8.95. The molecule has 0 unspecified atom stereocenters. The minimum Gasteiger partial charge on any atom is -0.456 e. The first kappa shape index (κ1) is 33.0. The fourth-order valence-electron chi connectivity index (χ4n) is 9.61. The fraction of sp³-hybridized carbons (Fsp3) is 0.0182. The Morgan fingerprint density at radius 1 is 0.362 bits per heavy atom. The molecule has 12 rings (SSSR count). The Morgan fingerprint density at radius 2 is 0.983 bits per heavy atom. The van der Waals surface area contributed by atoms with Crippen LogP contribution in [-0.4, -0.2) is 0 Å². The molecule has 0 fully saturated rings. The van der Waals surface area contributed by atoms with Crippen LogP contribution in [0.2, 0.25) is 0 Å². The normalized spacial score (nSPS) is 13.0. The number of furan rings is 1. The van der Waals surface area contributed by atoms with Crippen molar-refractivity contribution < 1.29 is 4.42 Å². The summed E-state index contributed by atoms with van der Waals surface area (Å²) in [6.07, 6.45) is 0. The third-order valence-electron chi connectivity index (χ3n) is 12.1. The molecule has 0 saturated heterocycles. The summed E-state index contributed by atoms with van der Waals surface area (Å²) in [5.41, 5.74) is 14.6. The summed E-state index contributed by atoms with van der Waals surface area (Å²) in [5, 5.41) is 4.82. The zero-order valence-electron chi connectivity index (χ0n) is 31.5. The Balaban J connectivity index is 1.08. The molecule has 2 heterocycles. The highest BCUT2D eigenvalue weighted by Crippen LogP contribution is 2.57. The molecule has 2 nitrogen and oxygen atoms in total. The highest BCUT2D eigenvalue weighted by Gasteiger charge is 2.46. The van der Waals surface area contributed by atoms with Gasteiger partial charge in [0.1, 0.15) is 11.2 Å². The number of para-hydroxylation sites is 1. The van der Waals surface area contributed by atoms with Crippen molar-refractivity contribution >= 4 is 70.5 Å². The second kappa shape index (κ2) is 12.9. The lowest BCUT2D eigenvalue weighted by atomic mass is 9.68. The minimum absolute atomic E-state index is 0.461. The molecule has 2 aromatic heterocycles. The number of thiophene rings is 1. The van der Waals surface area contributed by atoms with Crippen LogP contribution in [0.25, 0.3) is 64.4 Å². The van der Waals surface area contributed by atoms with E-state index in [0.29, 0.717) is 0 Å². The van der Waals surface area contributed by atoms with E-state index in [0.717, 1.165) is 39.0 Å². The van der Waals surface area contributed by atoms with Crippen LogP contribution in [0.4, 0.5) is 17.1 Å². The van der Waals surface area contributed by atoms with Crippen molar-refractivity contribution in [2.45, 2.75) is 5.41 Å². The molecule has 0 bridgehead atoms. The van der Waals surface area contributed by atoms with Crippen molar-refractivity contribution in [3.63, 3.8) is 0 Å². The van der Waals surface area contributed by atoms with Gasteiger partial charge in [-0.15, -0.1) is 11.3 Å². The Hall–Kier alpha value is -7.20. The Bertz CT molecular complexity index is 3320. The van der Waals surface area contributed by atoms with Gasteiger partial charge in [0.15, 0.2) is 0 Å². The number of fused-ring (bicyclic) bond motifs is 9. The van der Waals surface area contributed by atoms with Crippen molar-refractivity contribution in [2.24, 2.45) is 0 Å². The first-order valence-electron chi connectivity index (χ1n) is 19.8. The summed E-state index contributed by atoms with van der Waals surface area (Å²) in [6.45, 7) is 0. The molecule has 0 N–H and O–H groups in total. The molecule has 0 atom stereocenters. The van der Waals surface area contributed by atoms with Gasteiger partial charge in [0, 0.05) is 48.0 Å². The largest absolute Gasteiger partial charge is 0.456 e. The van der Waals surface area contributed by atoms with E-state index >= 15 is 0 Å². The van der Waals surface area contributed by atoms with E-state index < -0.39 is 5.41 Å². The molecule has 3 heteroatoms. The smallest absolute Gasteiger partial charge is 0.135 e. The summed E-state index contributed by atoms with van der Waals surface area (Å²) in [6, 6.07) is 77.7. The zero-order chi connectivity index (χ0) is 38.2. The Morgan fingerprint density at radius 3 is 1.83 bits per heavy atom. The minimum atomic E-state index is -0.461. The number of hydrogen-bond donors (Lipinski definition) is 0. The molecule has 58 heavy (non-hydrogen) atoms. The third kappa shape index (κ3) is 4.90. The van der Waals surface area contributed by atoms with Crippen LogP contribution in [0.15, 0.2) is 217 Å². The monoisotopic (exact) mass is 757 g/mol. The lowest BCUT2D eigenvalue weighted by Crippen LogP contribution is -2.28. The molecule has 0 spiro atoms. The Labute approximate surface area is 340 Å². The molecule has 272 valence electrons. The summed E-state index contributed by atoms with van der Waals surface area (Å²) >= 11 is 1.86. The van der Waals surface area contributed by atoms with Gasteiger partial charge in [-0.3, -0.25) is 0 Å². The van der Waals surface area contributed by atoms with Crippen molar-refractivity contribution in [1.82, 2.24) is 0 Å². The lowest BCUT2D eigenvalue weighted by molar-refractivity contribution is 0.669. The highest BCUT2D eigenvalue weighted by molar-refractivity contribution is 7.25. The lowest BCUT2D eigenvalue weighted by Gasteiger charge is -2.34. The molecule has 11 aromatic rings. The van der Waals surface area contributed by atoms with Gasteiger partial charge in [0.25, 0.3) is 0 Å². The SMILES string of the molecule is c1ccc(C2(c3ccccc3)c3ccccc3-c3cc(N(c4cccc(-c5ccc6sc7ccccc7c6c5)c4)c4ccc5oc6ccccc6c5c4)ccc32)cc1.